The molecular formula is C23H24N4O8S. The summed E-state index contributed by atoms with van der Waals surface area (Å²) in [6, 6.07) is 7.71. The summed E-state index contributed by atoms with van der Waals surface area (Å²) in [6.07, 6.45) is -2.79. The van der Waals surface area contributed by atoms with Gasteiger partial charge in [-0.15, -0.1) is 0 Å². The van der Waals surface area contributed by atoms with Crippen molar-refractivity contribution in [1.29, 1.82) is 0 Å². The highest BCUT2D eigenvalue weighted by atomic mass is 32.2. The Morgan fingerprint density at radius 3 is 2.36 bits per heavy atom. The van der Waals surface area contributed by atoms with Crippen molar-refractivity contribution in [3.63, 3.8) is 0 Å². The van der Waals surface area contributed by atoms with Crippen molar-refractivity contribution in [2.45, 2.75) is 62.2 Å². The van der Waals surface area contributed by atoms with Gasteiger partial charge in [0.15, 0.2) is 18.4 Å². The van der Waals surface area contributed by atoms with Gasteiger partial charge >= 0.3 is 23.6 Å². The highest BCUT2D eigenvalue weighted by Crippen LogP contribution is 2.37. The lowest BCUT2D eigenvalue weighted by Gasteiger charge is -2.23. The van der Waals surface area contributed by atoms with Gasteiger partial charge in [0, 0.05) is 25.7 Å². The maximum Gasteiger partial charge on any atom is 0.347 e. The van der Waals surface area contributed by atoms with Crippen LogP contribution in [-0.4, -0.2) is 62.3 Å². The summed E-state index contributed by atoms with van der Waals surface area (Å²) in [6.45, 7) is 5.35. The lowest BCUT2D eigenvalue weighted by atomic mass is 10.1. The molecule has 12 nitrogen and oxygen atoms in total. The first-order valence-electron chi connectivity index (χ1n) is 11.0. The van der Waals surface area contributed by atoms with Crippen molar-refractivity contribution in [2.75, 3.05) is 6.61 Å². The fraction of sp³-hybridized carbons (Fsp3) is 0.391. The molecule has 1 fully saturated rings. The van der Waals surface area contributed by atoms with E-state index in [0.29, 0.717) is 10.5 Å². The predicted octanol–water partition coefficient (Wildman–Crippen LogP) is 1.90. The summed E-state index contributed by atoms with van der Waals surface area (Å²) in [5.74, 6) is -1.85. The van der Waals surface area contributed by atoms with Crippen molar-refractivity contribution in [3.8, 4) is 0 Å². The molecule has 190 valence electrons. The number of rotatable bonds is 7. The third kappa shape index (κ3) is 5.57. The topological polar surface area (TPSA) is 152 Å². The maximum absolute atomic E-state index is 12.5. The standard InChI is InChI=1S/C23H24N4O8S/c1-11-5-7-15(8-6-11)36-21-17-20(25-23(31)26-21)27(10-24-17)22-19(34-14(4)30)18(33-13(3)29)16(35-22)9-32-12(2)28/h5-8,10,16,18-19,22H,9H2,1-4H3,(H,25,26,31)/t16-,18+,19+,22+/m1/s1. The number of hydrogen-bond acceptors (Lipinski definition) is 11. The van der Waals surface area contributed by atoms with E-state index in [-0.39, 0.29) is 12.3 Å². The number of aryl methyl sites for hydroxylation is 1. The first-order valence-corrected chi connectivity index (χ1v) is 11.8. The Labute approximate surface area is 209 Å². The minimum absolute atomic E-state index is 0.249. The fourth-order valence-electron chi connectivity index (χ4n) is 3.81. The van der Waals surface area contributed by atoms with Gasteiger partial charge in [-0.3, -0.25) is 23.9 Å². The largest absolute Gasteiger partial charge is 0.463 e. The van der Waals surface area contributed by atoms with E-state index >= 15 is 0 Å². The van der Waals surface area contributed by atoms with Crippen LogP contribution in [0.1, 0.15) is 32.6 Å². The van der Waals surface area contributed by atoms with Crippen LogP contribution in [0.5, 0.6) is 0 Å². The number of imidazole rings is 1. The normalized spacial score (nSPS) is 21.3. The van der Waals surface area contributed by atoms with Crippen LogP contribution in [0, 0.1) is 6.92 Å². The van der Waals surface area contributed by atoms with Crippen LogP contribution < -0.4 is 5.69 Å². The molecule has 2 aromatic heterocycles. The second-order valence-corrected chi connectivity index (χ2v) is 9.19. The van der Waals surface area contributed by atoms with Crippen molar-refractivity contribution < 1.29 is 33.3 Å². The van der Waals surface area contributed by atoms with Crippen molar-refractivity contribution >= 4 is 40.8 Å². The molecule has 1 saturated heterocycles. The molecule has 1 aliphatic heterocycles. The van der Waals surface area contributed by atoms with Crippen molar-refractivity contribution in [1.82, 2.24) is 19.5 Å². The van der Waals surface area contributed by atoms with E-state index in [1.165, 1.54) is 43.4 Å². The number of ether oxygens (including phenoxy) is 4. The number of carbonyl (C=O) groups excluding carboxylic acids is 3. The second kappa shape index (κ2) is 10.5. The predicted molar refractivity (Wildman–Crippen MR) is 125 cm³/mol. The van der Waals surface area contributed by atoms with E-state index in [0.717, 1.165) is 10.5 Å². The molecule has 3 aromatic rings. The number of H-pyrrole nitrogens is 1. The number of benzene rings is 1. The van der Waals surface area contributed by atoms with E-state index in [2.05, 4.69) is 15.0 Å². The van der Waals surface area contributed by atoms with Gasteiger partial charge in [0.25, 0.3) is 0 Å². The molecule has 0 saturated carbocycles. The van der Waals surface area contributed by atoms with Crippen LogP contribution in [0.3, 0.4) is 0 Å². The minimum Gasteiger partial charge on any atom is -0.463 e. The van der Waals surface area contributed by atoms with Crippen LogP contribution in [0.15, 0.2) is 45.3 Å². The van der Waals surface area contributed by atoms with E-state index in [1.54, 1.807) is 0 Å². The molecular weight excluding hydrogens is 492 g/mol. The number of esters is 3. The maximum atomic E-state index is 12.5. The number of aromatic nitrogens is 4. The van der Waals surface area contributed by atoms with Crippen LogP contribution in [-0.2, 0) is 33.3 Å². The van der Waals surface area contributed by atoms with E-state index < -0.39 is 48.1 Å². The first kappa shape index (κ1) is 25.4. The van der Waals surface area contributed by atoms with Gasteiger partial charge in [-0.05, 0) is 19.1 Å². The SMILES string of the molecule is CC(=O)OC[C@H]1O[C@H](n2cnc3c(Sc4ccc(C)cc4)nc(=O)[nH]c32)[C@@H](OC(C)=O)[C@H]1OC(C)=O. The Kier molecular flexibility index (Phi) is 7.40. The molecule has 1 aromatic carbocycles. The Hall–Kier alpha value is -3.71. The zero-order valence-corrected chi connectivity index (χ0v) is 20.7. The molecule has 13 heteroatoms. The monoisotopic (exact) mass is 516 g/mol. The van der Waals surface area contributed by atoms with Gasteiger partial charge in [0.2, 0.25) is 0 Å². The third-order valence-corrected chi connectivity index (χ3v) is 6.26. The summed E-state index contributed by atoms with van der Waals surface area (Å²) < 4.78 is 23.4. The molecule has 1 N–H and O–H groups in total. The second-order valence-electron chi connectivity index (χ2n) is 8.13. The van der Waals surface area contributed by atoms with Crippen LogP contribution >= 0.6 is 11.8 Å². The summed E-state index contributed by atoms with van der Waals surface area (Å²) in [5.41, 5.74) is 1.13. The molecule has 36 heavy (non-hydrogen) atoms. The van der Waals surface area contributed by atoms with Crippen molar-refractivity contribution in [2.24, 2.45) is 0 Å². The van der Waals surface area contributed by atoms with Gasteiger partial charge in [0.05, 0.1) is 6.33 Å². The summed E-state index contributed by atoms with van der Waals surface area (Å²) in [7, 11) is 0. The molecule has 0 radical (unpaired) electrons. The molecule has 4 rings (SSSR count). The van der Waals surface area contributed by atoms with Crippen LogP contribution in [0.4, 0.5) is 0 Å². The fourth-order valence-corrected chi connectivity index (χ4v) is 4.68. The number of aromatic amines is 1. The van der Waals surface area contributed by atoms with Gasteiger partial charge in [-0.1, -0.05) is 29.5 Å². The Morgan fingerprint density at radius 1 is 1.06 bits per heavy atom. The minimum atomic E-state index is -1.12. The number of nitrogens with zero attached hydrogens (tertiary/aromatic N) is 3. The Morgan fingerprint density at radius 2 is 1.72 bits per heavy atom. The Balaban J connectivity index is 1.75. The number of carbonyl (C=O) groups is 3. The molecule has 0 bridgehead atoms. The first-order chi connectivity index (χ1) is 17.1. The van der Waals surface area contributed by atoms with Crippen molar-refractivity contribution in [3.05, 3.63) is 46.6 Å². The van der Waals surface area contributed by atoms with E-state index in [4.69, 9.17) is 18.9 Å². The molecule has 0 aliphatic carbocycles. The summed E-state index contributed by atoms with van der Waals surface area (Å²) >= 11 is 1.27. The summed E-state index contributed by atoms with van der Waals surface area (Å²) in [4.78, 5) is 59.5. The molecule has 0 spiro atoms. The number of nitrogens with one attached hydrogen (secondary N) is 1. The zero-order chi connectivity index (χ0) is 26.0. The molecule has 0 unspecified atom stereocenters. The molecule has 3 heterocycles. The van der Waals surface area contributed by atoms with Gasteiger partial charge in [0.1, 0.15) is 28.9 Å². The van der Waals surface area contributed by atoms with Crippen LogP contribution in [0.2, 0.25) is 0 Å². The third-order valence-electron chi connectivity index (χ3n) is 5.27. The average Bonchev–Trinajstić information content (AvgIpc) is 3.35. The van der Waals surface area contributed by atoms with E-state index in [1.807, 2.05) is 31.2 Å². The molecule has 4 atom stereocenters. The molecule has 1 aliphatic rings. The lowest BCUT2D eigenvalue weighted by Crippen LogP contribution is -2.40. The Bertz CT molecular complexity index is 1350. The summed E-state index contributed by atoms with van der Waals surface area (Å²) in [5, 5.41) is 0.367. The van der Waals surface area contributed by atoms with Gasteiger partial charge in [-0.25, -0.2) is 9.78 Å². The molecule has 0 amide bonds. The lowest BCUT2D eigenvalue weighted by molar-refractivity contribution is -0.166. The number of fused-ring (bicyclic) bond motifs is 1. The number of hydrogen-bond donors (Lipinski definition) is 1. The zero-order valence-electron chi connectivity index (χ0n) is 19.9. The van der Waals surface area contributed by atoms with Crippen LogP contribution in [0.25, 0.3) is 11.2 Å². The van der Waals surface area contributed by atoms with Gasteiger partial charge < -0.3 is 18.9 Å². The highest BCUT2D eigenvalue weighted by molar-refractivity contribution is 7.99. The quantitative estimate of drug-likeness (QED) is 0.278. The highest BCUT2D eigenvalue weighted by Gasteiger charge is 2.51. The average molecular weight is 517 g/mol. The van der Waals surface area contributed by atoms with Gasteiger partial charge in [-0.2, -0.15) is 4.98 Å². The van der Waals surface area contributed by atoms with E-state index in [9.17, 15) is 19.2 Å². The smallest absolute Gasteiger partial charge is 0.347 e.